The van der Waals surface area contributed by atoms with Crippen LogP contribution in [-0.2, 0) is 13.2 Å². The summed E-state index contributed by atoms with van der Waals surface area (Å²) < 4.78 is 1.07. The van der Waals surface area contributed by atoms with Gasteiger partial charge in [-0.1, -0.05) is 34.1 Å². The summed E-state index contributed by atoms with van der Waals surface area (Å²) in [7, 11) is 1.95. The normalized spacial score (nSPS) is 10.5. The van der Waals surface area contributed by atoms with E-state index >= 15 is 0 Å². The van der Waals surface area contributed by atoms with Crippen LogP contribution in [0, 0.1) is 6.92 Å². The zero-order valence-corrected chi connectivity index (χ0v) is 12.6. The second-order valence-corrected chi connectivity index (χ2v) is 5.24. The molecular formula is C14H16BrN3O. The van der Waals surface area contributed by atoms with Crippen LogP contribution in [0.25, 0.3) is 0 Å². The predicted molar refractivity (Wildman–Crippen MR) is 78.9 cm³/mol. The standard InChI is InChI=1S/C14H16BrN3O/c1-10-12(9-19)7-16-14(17-10)18(2)8-11-5-3-4-6-13(11)15/h3-7,19H,8-9H2,1-2H3. The molecule has 0 fully saturated rings. The fourth-order valence-corrected chi connectivity index (χ4v) is 2.18. The first-order valence-electron chi connectivity index (χ1n) is 5.99. The van der Waals surface area contributed by atoms with Gasteiger partial charge >= 0.3 is 0 Å². The van der Waals surface area contributed by atoms with E-state index in [0.717, 1.165) is 22.3 Å². The molecule has 0 bridgehead atoms. The minimum atomic E-state index is -0.0277. The maximum absolute atomic E-state index is 9.12. The Morgan fingerprint density at radius 1 is 1.26 bits per heavy atom. The van der Waals surface area contributed by atoms with E-state index < -0.39 is 0 Å². The largest absolute Gasteiger partial charge is 0.392 e. The van der Waals surface area contributed by atoms with Crippen LogP contribution in [0.2, 0.25) is 0 Å². The number of hydrogen-bond donors (Lipinski definition) is 1. The highest BCUT2D eigenvalue weighted by Crippen LogP contribution is 2.19. The average Bonchev–Trinajstić information content (AvgIpc) is 2.41. The van der Waals surface area contributed by atoms with Crippen LogP contribution in [0.1, 0.15) is 16.8 Å². The van der Waals surface area contributed by atoms with Gasteiger partial charge in [-0.15, -0.1) is 0 Å². The van der Waals surface area contributed by atoms with Crippen molar-refractivity contribution in [2.24, 2.45) is 0 Å². The summed E-state index contributed by atoms with van der Waals surface area (Å²) in [6.45, 7) is 2.57. The summed E-state index contributed by atoms with van der Waals surface area (Å²) in [5.41, 5.74) is 2.75. The molecule has 19 heavy (non-hydrogen) atoms. The van der Waals surface area contributed by atoms with E-state index in [0.29, 0.717) is 5.95 Å². The quantitative estimate of drug-likeness (QED) is 0.940. The van der Waals surface area contributed by atoms with E-state index in [9.17, 15) is 0 Å². The lowest BCUT2D eigenvalue weighted by molar-refractivity contribution is 0.280. The van der Waals surface area contributed by atoms with Gasteiger partial charge in [-0.2, -0.15) is 0 Å². The highest BCUT2D eigenvalue weighted by atomic mass is 79.9. The SMILES string of the molecule is Cc1nc(N(C)Cc2ccccc2Br)ncc1CO. The Kier molecular flexibility index (Phi) is 4.50. The molecule has 1 aromatic carbocycles. The average molecular weight is 322 g/mol. The maximum atomic E-state index is 9.12. The molecule has 100 valence electrons. The zero-order valence-electron chi connectivity index (χ0n) is 11.0. The fourth-order valence-electron chi connectivity index (χ4n) is 1.77. The first-order chi connectivity index (χ1) is 9.11. The maximum Gasteiger partial charge on any atom is 0.225 e. The Morgan fingerprint density at radius 2 is 2.00 bits per heavy atom. The Balaban J connectivity index is 2.18. The molecule has 0 aliphatic heterocycles. The molecule has 0 atom stereocenters. The lowest BCUT2D eigenvalue weighted by Crippen LogP contribution is -2.20. The summed E-state index contributed by atoms with van der Waals surface area (Å²) in [4.78, 5) is 10.7. The number of benzene rings is 1. The van der Waals surface area contributed by atoms with Crippen molar-refractivity contribution < 1.29 is 5.11 Å². The van der Waals surface area contributed by atoms with Gasteiger partial charge in [0.15, 0.2) is 0 Å². The number of aliphatic hydroxyl groups excluding tert-OH is 1. The third-order valence-electron chi connectivity index (χ3n) is 2.95. The number of aryl methyl sites for hydroxylation is 1. The summed E-state index contributed by atoms with van der Waals surface area (Å²) in [6.07, 6.45) is 1.67. The first kappa shape index (κ1) is 14.0. The summed E-state index contributed by atoms with van der Waals surface area (Å²) in [6, 6.07) is 8.08. The lowest BCUT2D eigenvalue weighted by atomic mass is 10.2. The molecule has 0 amide bonds. The van der Waals surface area contributed by atoms with Crippen LogP contribution in [0.3, 0.4) is 0 Å². The van der Waals surface area contributed by atoms with Gasteiger partial charge in [0.2, 0.25) is 5.95 Å². The fraction of sp³-hybridized carbons (Fsp3) is 0.286. The van der Waals surface area contributed by atoms with Crippen LogP contribution in [0.4, 0.5) is 5.95 Å². The topological polar surface area (TPSA) is 49.2 Å². The van der Waals surface area contributed by atoms with Crippen LogP contribution < -0.4 is 4.90 Å². The second-order valence-electron chi connectivity index (χ2n) is 4.39. The molecule has 2 aromatic rings. The van der Waals surface area contributed by atoms with Crippen molar-refractivity contribution in [2.45, 2.75) is 20.1 Å². The molecule has 0 aliphatic rings. The number of rotatable bonds is 4. The smallest absolute Gasteiger partial charge is 0.225 e. The second kappa shape index (κ2) is 6.12. The number of anilines is 1. The minimum Gasteiger partial charge on any atom is -0.392 e. The lowest BCUT2D eigenvalue weighted by Gasteiger charge is -2.18. The van der Waals surface area contributed by atoms with E-state index in [4.69, 9.17) is 5.11 Å². The molecule has 0 unspecified atom stereocenters. The van der Waals surface area contributed by atoms with Crippen molar-refractivity contribution in [1.29, 1.82) is 0 Å². The Labute approximate surface area is 121 Å². The highest BCUT2D eigenvalue weighted by molar-refractivity contribution is 9.10. The molecule has 0 radical (unpaired) electrons. The van der Waals surface area contributed by atoms with Crippen molar-refractivity contribution in [3.05, 3.63) is 51.8 Å². The van der Waals surface area contributed by atoms with Gasteiger partial charge in [0.05, 0.1) is 6.61 Å². The molecule has 1 aromatic heterocycles. The number of hydrogen-bond acceptors (Lipinski definition) is 4. The highest BCUT2D eigenvalue weighted by Gasteiger charge is 2.09. The van der Waals surface area contributed by atoms with Crippen LogP contribution in [0.15, 0.2) is 34.9 Å². The molecule has 5 heteroatoms. The third-order valence-corrected chi connectivity index (χ3v) is 3.72. The number of aromatic nitrogens is 2. The van der Waals surface area contributed by atoms with E-state index in [1.165, 1.54) is 5.56 Å². The minimum absolute atomic E-state index is 0.0277. The molecule has 0 saturated heterocycles. The third kappa shape index (κ3) is 3.30. The Morgan fingerprint density at radius 3 is 2.63 bits per heavy atom. The van der Waals surface area contributed by atoms with Crippen LogP contribution >= 0.6 is 15.9 Å². The summed E-state index contributed by atoms with van der Waals surface area (Å²) in [5.74, 6) is 0.658. The number of nitrogens with zero attached hydrogens (tertiary/aromatic N) is 3. The van der Waals surface area contributed by atoms with Crippen molar-refractivity contribution in [1.82, 2.24) is 9.97 Å². The molecule has 4 nitrogen and oxygen atoms in total. The van der Waals surface area contributed by atoms with Gasteiger partial charge in [-0.3, -0.25) is 0 Å². The van der Waals surface area contributed by atoms with Crippen LogP contribution in [0.5, 0.6) is 0 Å². The molecule has 0 spiro atoms. The monoisotopic (exact) mass is 321 g/mol. The van der Waals surface area contributed by atoms with Gasteiger partial charge in [-0.05, 0) is 18.6 Å². The Bertz CT molecular complexity index is 574. The van der Waals surface area contributed by atoms with Gasteiger partial charge < -0.3 is 10.0 Å². The summed E-state index contributed by atoms with van der Waals surface area (Å²) >= 11 is 3.53. The van der Waals surface area contributed by atoms with Gasteiger partial charge in [0.25, 0.3) is 0 Å². The molecular weight excluding hydrogens is 306 g/mol. The van der Waals surface area contributed by atoms with Crippen LogP contribution in [-0.4, -0.2) is 22.1 Å². The predicted octanol–water partition coefficient (Wildman–Crippen LogP) is 2.68. The molecule has 0 aliphatic carbocycles. The van der Waals surface area contributed by atoms with Gasteiger partial charge in [0.1, 0.15) is 0 Å². The molecule has 2 rings (SSSR count). The van der Waals surface area contributed by atoms with E-state index in [1.807, 2.05) is 37.1 Å². The molecule has 0 saturated carbocycles. The van der Waals surface area contributed by atoms with E-state index in [1.54, 1.807) is 6.20 Å². The van der Waals surface area contributed by atoms with Crippen molar-refractivity contribution in [2.75, 3.05) is 11.9 Å². The molecule has 1 heterocycles. The van der Waals surface area contributed by atoms with Crippen molar-refractivity contribution >= 4 is 21.9 Å². The molecule has 1 N–H and O–H groups in total. The van der Waals surface area contributed by atoms with E-state index in [-0.39, 0.29) is 6.61 Å². The van der Waals surface area contributed by atoms with Gasteiger partial charge in [-0.25, -0.2) is 9.97 Å². The first-order valence-corrected chi connectivity index (χ1v) is 6.79. The van der Waals surface area contributed by atoms with Crippen molar-refractivity contribution in [3.8, 4) is 0 Å². The number of aliphatic hydroxyl groups is 1. The zero-order chi connectivity index (χ0) is 13.8. The Hall–Kier alpha value is -1.46. The van der Waals surface area contributed by atoms with E-state index in [2.05, 4.69) is 32.0 Å². The number of halogens is 1. The van der Waals surface area contributed by atoms with Crippen molar-refractivity contribution in [3.63, 3.8) is 0 Å². The van der Waals surface area contributed by atoms with Gasteiger partial charge in [0, 0.05) is 35.5 Å². The summed E-state index contributed by atoms with van der Waals surface area (Å²) in [5, 5.41) is 9.12.